The van der Waals surface area contributed by atoms with Crippen LogP contribution in [0.15, 0.2) is 42.6 Å². The molecule has 1 fully saturated rings. The molecule has 1 heterocycles. The van der Waals surface area contributed by atoms with Crippen LogP contribution in [0, 0.1) is 5.82 Å². The van der Waals surface area contributed by atoms with Gasteiger partial charge in [0, 0.05) is 0 Å². The summed E-state index contributed by atoms with van der Waals surface area (Å²) >= 11 is 0. The molecular formula is C16H17FN2. The number of nitrogens with two attached hydrogens (primary N) is 1. The second kappa shape index (κ2) is 5.10. The Morgan fingerprint density at radius 2 is 2.05 bits per heavy atom. The zero-order valence-electron chi connectivity index (χ0n) is 10.7. The van der Waals surface area contributed by atoms with Crippen LogP contribution < -0.4 is 5.73 Å². The van der Waals surface area contributed by atoms with Crippen LogP contribution in [0.2, 0.25) is 0 Å². The molecule has 3 heteroatoms. The van der Waals surface area contributed by atoms with E-state index < -0.39 is 0 Å². The van der Waals surface area contributed by atoms with Crippen molar-refractivity contribution in [2.75, 3.05) is 0 Å². The van der Waals surface area contributed by atoms with Crippen molar-refractivity contribution in [3.63, 3.8) is 0 Å². The number of nitrogens with zero attached hydrogens (tertiary/aromatic N) is 1. The Kier molecular flexibility index (Phi) is 3.30. The Morgan fingerprint density at radius 1 is 1.21 bits per heavy atom. The van der Waals surface area contributed by atoms with Gasteiger partial charge in [-0.25, -0.2) is 4.39 Å². The van der Waals surface area contributed by atoms with Crippen molar-refractivity contribution in [2.24, 2.45) is 5.73 Å². The predicted molar refractivity (Wildman–Crippen MR) is 73.3 cm³/mol. The number of hydrogen-bond donors (Lipinski definition) is 1. The lowest BCUT2D eigenvalue weighted by Gasteiger charge is -2.26. The summed E-state index contributed by atoms with van der Waals surface area (Å²) in [5, 5.41) is 0. The second-order valence-corrected chi connectivity index (χ2v) is 5.18. The van der Waals surface area contributed by atoms with Crippen LogP contribution in [0.1, 0.15) is 48.0 Å². The lowest BCUT2D eigenvalue weighted by molar-refractivity contribution is 0.419. The quantitative estimate of drug-likeness (QED) is 0.912. The third kappa shape index (κ3) is 2.51. The Bertz CT molecular complexity index is 561. The van der Waals surface area contributed by atoms with Crippen LogP contribution in [0.4, 0.5) is 4.39 Å². The minimum absolute atomic E-state index is 0.291. The van der Waals surface area contributed by atoms with E-state index in [1.165, 1.54) is 37.1 Å². The Balaban J connectivity index is 1.86. The minimum atomic E-state index is -0.334. The molecule has 1 saturated carbocycles. The van der Waals surface area contributed by atoms with Gasteiger partial charge in [-0.2, -0.15) is 0 Å². The van der Waals surface area contributed by atoms with Crippen molar-refractivity contribution in [1.29, 1.82) is 0 Å². The summed E-state index contributed by atoms with van der Waals surface area (Å²) in [4.78, 5) is 4.06. The zero-order valence-corrected chi connectivity index (χ0v) is 10.7. The summed E-state index contributed by atoms with van der Waals surface area (Å²) in [6, 6.07) is 11.1. The summed E-state index contributed by atoms with van der Waals surface area (Å²) in [5.74, 6) is 0.354. The Hall–Kier alpha value is -1.74. The highest BCUT2D eigenvalue weighted by Crippen LogP contribution is 2.37. The smallest absolute Gasteiger partial charge is 0.141 e. The van der Waals surface area contributed by atoms with E-state index in [-0.39, 0.29) is 11.9 Å². The molecule has 0 aliphatic heterocycles. The van der Waals surface area contributed by atoms with E-state index in [9.17, 15) is 4.39 Å². The summed E-state index contributed by atoms with van der Waals surface area (Å²) < 4.78 is 12.9. The molecule has 0 saturated heterocycles. The van der Waals surface area contributed by atoms with Crippen LogP contribution in [0.25, 0.3) is 0 Å². The molecule has 0 bridgehead atoms. The molecule has 19 heavy (non-hydrogen) atoms. The number of aromatic nitrogens is 1. The molecule has 1 aliphatic carbocycles. The Labute approximate surface area is 112 Å². The van der Waals surface area contributed by atoms with Crippen molar-refractivity contribution >= 4 is 0 Å². The first-order valence-corrected chi connectivity index (χ1v) is 6.71. The summed E-state index contributed by atoms with van der Waals surface area (Å²) in [6.45, 7) is 0. The van der Waals surface area contributed by atoms with Crippen molar-refractivity contribution in [3.05, 3.63) is 65.2 Å². The third-order valence-corrected chi connectivity index (χ3v) is 3.92. The SMILES string of the molecule is NC(c1cccc(C2CCC2)c1)c1ccc(F)cn1. The van der Waals surface area contributed by atoms with Crippen LogP contribution in [0.5, 0.6) is 0 Å². The van der Waals surface area contributed by atoms with E-state index in [4.69, 9.17) is 5.73 Å². The molecule has 2 nitrogen and oxygen atoms in total. The number of benzene rings is 1. The number of halogens is 1. The first-order valence-electron chi connectivity index (χ1n) is 6.71. The van der Waals surface area contributed by atoms with Crippen molar-refractivity contribution in [2.45, 2.75) is 31.2 Å². The van der Waals surface area contributed by atoms with E-state index in [0.29, 0.717) is 11.6 Å². The monoisotopic (exact) mass is 256 g/mol. The highest BCUT2D eigenvalue weighted by Gasteiger charge is 2.20. The van der Waals surface area contributed by atoms with E-state index >= 15 is 0 Å². The van der Waals surface area contributed by atoms with E-state index in [1.54, 1.807) is 6.07 Å². The van der Waals surface area contributed by atoms with Gasteiger partial charge in [0.2, 0.25) is 0 Å². The predicted octanol–water partition coefficient (Wildman–Crippen LogP) is 3.54. The maximum Gasteiger partial charge on any atom is 0.141 e. The number of hydrogen-bond acceptors (Lipinski definition) is 2. The van der Waals surface area contributed by atoms with E-state index in [0.717, 1.165) is 5.56 Å². The maximum absolute atomic E-state index is 12.9. The molecule has 98 valence electrons. The maximum atomic E-state index is 12.9. The molecule has 3 rings (SSSR count). The molecule has 1 aromatic heterocycles. The van der Waals surface area contributed by atoms with Crippen molar-refractivity contribution in [3.8, 4) is 0 Å². The fourth-order valence-corrected chi connectivity index (χ4v) is 2.49. The summed E-state index contributed by atoms with van der Waals surface area (Å²) in [6.07, 6.45) is 5.08. The first kappa shape index (κ1) is 12.3. The molecule has 0 spiro atoms. The Morgan fingerprint density at radius 3 is 2.68 bits per heavy atom. The lowest BCUT2D eigenvalue weighted by atomic mass is 9.79. The highest BCUT2D eigenvalue weighted by atomic mass is 19.1. The summed E-state index contributed by atoms with van der Waals surface area (Å²) in [7, 11) is 0. The van der Waals surface area contributed by atoms with Gasteiger partial charge in [-0.1, -0.05) is 30.7 Å². The van der Waals surface area contributed by atoms with Gasteiger partial charge < -0.3 is 5.73 Å². The molecule has 1 aromatic carbocycles. The molecule has 0 amide bonds. The largest absolute Gasteiger partial charge is 0.319 e. The minimum Gasteiger partial charge on any atom is -0.319 e. The van der Waals surface area contributed by atoms with Crippen LogP contribution >= 0.6 is 0 Å². The summed E-state index contributed by atoms with van der Waals surface area (Å²) in [5.41, 5.74) is 9.32. The fourth-order valence-electron chi connectivity index (χ4n) is 2.49. The highest BCUT2D eigenvalue weighted by molar-refractivity contribution is 5.33. The standard InChI is InChI=1S/C16H17FN2/c17-14-7-8-15(19-10-14)16(18)13-6-2-5-12(9-13)11-3-1-4-11/h2,5-11,16H,1,3-4,18H2. The van der Waals surface area contributed by atoms with Gasteiger partial charge >= 0.3 is 0 Å². The lowest BCUT2D eigenvalue weighted by Crippen LogP contribution is -2.15. The number of pyridine rings is 1. The second-order valence-electron chi connectivity index (χ2n) is 5.18. The molecule has 1 aliphatic rings. The van der Waals surface area contributed by atoms with Crippen LogP contribution in [-0.2, 0) is 0 Å². The molecule has 1 atom stereocenters. The molecule has 2 aromatic rings. The normalized spacial score (nSPS) is 16.9. The van der Waals surface area contributed by atoms with Gasteiger partial charge in [-0.05, 0) is 42.0 Å². The third-order valence-electron chi connectivity index (χ3n) is 3.92. The molecule has 1 unspecified atom stereocenters. The molecule has 2 N–H and O–H groups in total. The van der Waals surface area contributed by atoms with Crippen molar-refractivity contribution < 1.29 is 4.39 Å². The fraction of sp³-hybridized carbons (Fsp3) is 0.312. The topological polar surface area (TPSA) is 38.9 Å². The van der Waals surface area contributed by atoms with Gasteiger partial charge in [0.25, 0.3) is 0 Å². The first-order chi connectivity index (χ1) is 9.24. The molecule has 0 radical (unpaired) electrons. The van der Waals surface area contributed by atoms with Crippen LogP contribution in [0.3, 0.4) is 0 Å². The van der Waals surface area contributed by atoms with Gasteiger partial charge in [-0.3, -0.25) is 4.98 Å². The van der Waals surface area contributed by atoms with Crippen LogP contribution in [-0.4, -0.2) is 4.98 Å². The molecular weight excluding hydrogens is 239 g/mol. The van der Waals surface area contributed by atoms with Gasteiger partial charge in [0.1, 0.15) is 5.82 Å². The number of rotatable bonds is 3. The average Bonchev–Trinajstić information content (AvgIpc) is 2.37. The zero-order chi connectivity index (χ0) is 13.2. The van der Waals surface area contributed by atoms with Gasteiger partial charge in [-0.15, -0.1) is 0 Å². The van der Waals surface area contributed by atoms with E-state index in [2.05, 4.69) is 17.1 Å². The van der Waals surface area contributed by atoms with Gasteiger partial charge in [0.05, 0.1) is 17.9 Å². The van der Waals surface area contributed by atoms with Gasteiger partial charge in [0.15, 0.2) is 0 Å². The van der Waals surface area contributed by atoms with Crippen molar-refractivity contribution in [1.82, 2.24) is 4.98 Å². The van der Waals surface area contributed by atoms with E-state index in [1.807, 2.05) is 12.1 Å². The average molecular weight is 256 g/mol.